The zero-order valence-electron chi connectivity index (χ0n) is 13.4. The number of rotatable bonds is 8. The number of nitro benzene ring substituents is 1. The number of esters is 1. The Morgan fingerprint density at radius 1 is 1.35 bits per heavy atom. The highest BCUT2D eigenvalue weighted by atomic mass is 16.6. The number of nitro groups is 1. The number of ether oxygens (including phenoxy) is 1. The fraction of sp³-hybridized carbons (Fsp3) is 0.588. The second-order valence-electron chi connectivity index (χ2n) is 6.13. The van der Waals surface area contributed by atoms with Gasteiger partial charge in [-0.3, -0.25) is 10.1 Å². The molecule has 0 aromatic heterocycles. The Morgan fingerprint density at radius 3 is 2.78 bits per heavy atom. The standard InChI is InChI=1S/C17H23NO5/c1-2-3-4-5-9-14-12-23-16(19)17(14,20)11-13-8-6-7-10-15(13)18(21)22/h6-8,10,14,20H,2-5,9,11-12H2,1H3/t14-,17+/m1/s1. The van der Waals surface area contributed by atoms with Gasteiger partial charge in [-0.15, -0.1) is 0 Å². The molecule has 6 nitrogen and oxygen atoms in total. The van der Waals surface area contributed by atoms with Crippen LogP contribution in [-0.4, -0.2) is 28.2 Å². The zero-order chi connectivity index (χ0) is 16.9. The third-order valence-corrected chi connectivity index (χ3v) is 4.50. The number of benzene rings is 1. The van der Waals surface area contributed by atoms with Crippen molar-refractivity contribution < 1.29 is 19.6 Å². The van der Waals surface area contributed by atoms with Crippen LogP contribution < -0.4 is 0 Å². The lowest BCUT2D eigenvalue weighted by Crippen LogP contribution is -2.43. The van der Waals surface area contributed by atoms with Gasteiger partial charge in [-0.1, -0.05) is 50.8 Å². The molecule has 0 radical (unpaired) electrons. The highest BCUT2D eigenvalue weighted by Gasteiger charge is 2.51. The van der Waals surface area contributed by atoms with Gasteiger partial charge < -0.3 is 9.84 Å². The van der Waals surface area contributed by atoms with Crippen molar-refractivity contribution >= 4 is 11.7 Å². The molecule has 0 aliphatic carbocycles. The Morgan fingerprint density at radius 2 is 2.09 bits per heavy atom. The Labute approximate surface area is 135 Å². The van der Waals surface area contributed by atoms with Crippen LogP contribution in [0.25, 0.3) is 0 Å². The molecule has 0 amide bonds. The van der Waals surface area contributed by atoms with E-state index in [1.807, 2.05) is 0 Å². The van der Waals surface area contributed by atoms with E-state index in [4.69, 9.17) is 4.74 Å². The summed E-state index contributed by atoms with van der Waals surface area (Å²) in [5.41, 5.74) is -1.39. The first-order chi connectivity index (χ1) is 11.0. The highest BCUT2D eigenvalue weighted by molar-refractivity contribution is 5.82. The van der Waals surface area contributed by atoms with Gasteiger partial charge in [-0.2, -0.15) is 0 Å². The monoisotopic (exact) mass is 321 g/mol. The molecule has 1 fully saturated rings. The fourth-order valence-corrected chi connectivity index (χ4v) is 3.09. The van der Waals surface area contributed by atoms with E-state index in [1.165, 1.54) is 6.07 Å². The smallest absolute Gasteiger partial charge is 0.338 e. The van der Waals surface area contributed by atoms with Crippen LogP contribution in [0.3, 0.4) is 0 Å². The molecule has 1 aromatic carbocycles. The third-order valence-electron chi connectivity index (χ3n) is 4.50. The van der Waals surface area contributed by atoms with E-state index in [0.29, 0.717) is 12.0 Å². The fourth-order valence-electron chi connectivity index (χ4n) is 3.09. The lowest BCUT2D eigenvalue weighted by atomic mass is 9.81. The Balaban J connectivity index is 2.14. The van der Waals surface area contributed by atoms with Crippen molar-refractivity contribution in [3.8, 4) is 0 Å². The van der Waals surface area contributed by atoms with Gasteiger partial charge >= 0.3 is 5.97 Å². The minimum absolute atomic E-state index is 0.0784. The molecule has 0 bridgehead atoms. The molecule has 0 saturated carbocycles. The third kappa shape index (κ3) is 3.88. The van der Waals surface area contributed by atoms with Crippen molar-refractivity contribution in [3.05, 3.63) is 39.9 Å². The van der Waals surface area contributed by atoms with Crippen molar-refractivity contribution in [2.75, 3.05) is 6.61 Å². The molecule has 2 atom stereocenters. The molecule has 1 heterocycles. The summed E-state index contributed by atoms with van der Waals surface area (Å²) in [5, 5.41) is 22.0. The number of para-hydroxylation sites is 1. The number of aliphatic hydroxyl groups is 1. The first-order valence-electron chi connectivity index (χ1n) is 8.11. The van der Waals surface area contributed by atoms with Crippen LogP contribution >= 0.6 is 0 Å². The topological polar surface area (TPSA) is 89.7 Å². The van der Waals surface area contributed by atoms with Crippen molar-refractivity contribution in [2.24, 2.45) is 5.92 Å². The Kier molecular flexibility index (Phi) is 5.71. The number of unbranched alkanes of at least 4 members (excludes halogenated alkanes) is 3. The van der Waals surface area contributed by atoms with Crippen LogP contribution in [-0.2, 0) is 16.0 Å². The maximum atomic E-state index is 12.0. The number of hydrogen-bond donors (Lipinski definition) is 1. The number of carbonyl (C=O) groups is 1. The zero-order valence-corrected chi connectivity index (χ0v) is 13.4. The summed E-state index contributed by atoms with van der Waals surface area (Å²) in [5.74, 6) is -0.984. The van der Waals surface area contributed by atoms with Gasteiger partial charge in [0.05, 0.1) is 11.5 Å². The largest absolute Gasteiger partial charge is 0.463 e. The molecule has 2 rings (SSSR count). The molecule has 1 aromatic rings. The van der Waals surface area contributed by atoms with E-state index in [1.54, 1.807) is 18.2 Å². The quantitative estimate of drug-likeness (QED) is 0.344. The van der Waals surface area contributed by atoms with E-state index in [0.717, 1.165) is 25.7 Å². The molecule has 1 aliphatic heterocycles. The van der Waals surface area contributed by atoms with Crippen LogP contribution in [0.2, 0.25) is 0 Å². The first kappa shape index (κ1) is 17.4. The second-order valence-corrected chi connectivity index (χ2v) is 6.13. The number of cyclic esters (lactones) is 1. The summed E-state index contributed by atoms with van der Waals surface area (Å²) in [6.07, 6.45) is 4.78. The summed E-state index contributed by atoms with van der Waals surface area (Å²) in [6.45, 7) is 2.30. The molecule has 0 unspecified atom stereocenters. The average molecular weight is 321 g/mol. The van der Waals surface area contributed by atoms with E-state index >= 15 is 0 Å². The summed E-state index contributed by atoms with van der Waals surface area (Å²) in [6, 6.07) is 6.20. The van der Waals surface area contributed by atoms with E-state index in [9.17, 15) is 20.0 Å². The van der Waals surface area contributed by atoms with Crippen molar-refractivity contribution in [1.29, 1.82) is 0 Å². The van der Waals surface area contributed by atoms with Crippen molar-refractivity contribution in [3.63, 3.8) is 0 Å². The molecule has 1 aliphatic rings. The Bertz CT molecular complexity index is 574. The van der Waals surface area contributed by atoms with Crippen molar-refractivity contribution in [2.45, 2.75) is 51.0 Å². The molecule has 1 saturated heterocycles. The number of carbonyl (C=O) groups excluding carboxylic acids is 1. The van der Waals surface area contributed by atoms with E-state index in [2.05, 4.69) is 6.92 Å². The predicted molar refractivity (Wildman–Crippen MR) is 85.0 cm³/mol. The summed E-state index contributed by atoms with van der Waals surface area (Å²) in [4.78, 5) is 22.7. The normalized spacial score (nSPS) is 23.7. The van der Waals surface area contributed by atoms with E-state index < -0.39 is 16.5 Å². The van der Waals surface area contributed by atoms with Crippen LogP contribution in [0.4, 0.5) is 5.69 Å². The summed E-state index contributed by atoms with van der Waals surface area (Å²) >= 11 is 0. The highest BCUT2D eigenvalue weighted by Crippen LogP contribution is 2.36. The lowest BCUT2D eigenvalue weighted by Gasteiger charge is -2.25. The summed E-state index contributed by atoms with van der Waals surface area (Å²) < 4.78 is 5.05. The van der Waals surface area contributed by atoms with Gasteiger partial charge in [0.25, 0.3) is 5.69 Å². The van der Waals surface area contributed by atoms with Gasteiger partial charge in [0, 0.05) is 24.0 Å². The SMILES string of the molecule is CCCCCC[C@@H]1COC(=O)[C@]1(O)Cc1ccccc1[N+](=O)[O-]. The van der Waals surface area contributed by atoms with Gasteiger partial charge in [-0.25, -0.2) is 4.79 Å². The predicted octanol–water partition coefficient (Wildman–Crippen LogP) is 3.01. The van der Waals surface area contributed by atoms with Gasteiger partial charge in [0.1, 0.15) is 0 Å². The first-order valence-corrected chi connectivity index (χ1v) is 8.11. The van der Waals surface area contributed by atoms with Crippen LogP contribution in [0.15, 0.2) is 24.3 Å². The molecule has 0 spiro atoms. The molecule has 23 heavy (non-hydrogen) atoms. The minimum Gasteiger partial charge on any atom is -0.463 e. The van der Waals surface area contributed by atoms with Crippen molar-refractivity contribution in [1.82, 2.24) is 0 Å². The molecular formula is C17H23NO5. The number of nitrogens with zero attached hydrogens (tertiary/aromatic N) is 1. The minimum atomic E-state index is -1.67. The van der Waals surface area contributed by atoms with Gasteiger partial charge in [0.15, 0.2) is 5.60 Å². The Hall–Kier alpha value is -1.95. The molecule has 6 heteroatoms. The maximum Gasteiger partial charge on any atom is 0.338 e. The number of hydrogen-bond acceptors (Lipinski definition) is 5. The van der Waals surface area contributed by atoms with Gasteiger partial charge in [-0.05, 0) is 6.42 Å². The van der Waals surface area contributed by atoms with Crippen LogP contribution in [0.1, 0.15) is 44.6 Å². The average Bonchev–Trinajstić information content (AvgIpc) is 2.80. The molecular weight excluding hydrogens is 298 g/mol. The maximum absolute atomic E-state index is 12.0. The lowest BCUT2D eigenvalue weighted by molar-refractivity contribution is -0.385. The molecule has 126 valence electrons. The van der Waals surface area contributed by atoms with Crippen LogP contribution in [0, 0.1) is 16.0 Å². The molecule has 1 N–H and O–H groups in total. The second kappa shape index (κ2) is 7.55. The summed E-state index contributed by atoms with van der Waals surface area (Å²) in [7, 11) is 0. The van der Waals surface area contributed by atoms with Gasteiger partial charge in [0.2, 0.25) is 0 Å². The van der Waals surface area contributed by atoms with E-state index in [-0.39, 0.29) is 24.6 Å². The van der Waals surface area contributed by atoms with Crippen LogP contribution in [0.5, 0.6) is 0 Å².